The molecule has 0 fully saturated rings. The fourth-order valence-corrected chi connectivity index (χ4v) is 4.36. The SMILES string of the molecule is Cc1cc(C)cc(C(C)(C)c2ccnc(-c3ccc4oc5ccccc5c4c3)c2)c1. The molecule has 0 aliphatic rings. The maximum absolute atomic E-state index is 5.98. The molecule has 30 heavy (non-hydrogen) atoms. The van der Waals surface area contributed by atoms with Crippen molar-refractivity contribution >= 4 is 21.9 Å². The van der Waals surface area contributed by atoms with E-state index < -0.39 is 0 Å². The van der Waals surface area contributed by atoms with E-state index in [0.717, 1.165) is 33.2 Å². The van der Waals surface area contributed by atoms with Crippen molar-refractivity contribution in [3.05, 3.63) is 101 Å². The van der Waals surface area contributed by atoms with Crippen LogP contribution in [-0.2, 0) is 5.41 Å². The first-order chi connectivity index (χ1) is 14.4. The second-order valence-corrected chi connectivity index (χ2v) is 8.74. The van der Waals surface area contributed by atoms with Crippen molar-refractivity contribution in [3.63, 3.8) is 0 Å². The second-order valence-electron chi connectivity index (χ2n) is 8.74. The van der Waals surface area contributed by atoms with Gasteiger partial charge < -0.3 is 4.42 Å². The maximum atomic E-state index is 5.98. The van der Waals surface area contributed by atoms with Crippen molar-refractivity contribution in [2.75, 3.05) is 0 Å². The summed E-state index contributed by atoms with van der Waals surface area (Å²) in [5.74, 6) is 0. The highest BCUT2D eigenvalue weighted by atomic mass is 16.3. The van der Waals surface area contributed by atoms with Gasteiger partial charge >= 0.3 is 0 Å². The molecule has 0 spiro atoms. The molecule has 2 aromatic heterocycles. The van der Waals surface area contributed by atoms with Crippen LogP contribution < -0.4 is 0 Å². The summed E-state index contributed by atoms with van der Waals surface area (Å²) in [6.45, 7) is 8.89. The maximum Gasteiger partial charge on any atom is 0.135 e. The Labute approximate surface area is 177 Å². The van der Waals surface area contributed by atoms with E-state index in [1.165, 1.54) is 22.3 Å². The number of aromatic nitrogens is 1. The Bertz CT molecular complexity index is 1370. The quantitative estimate of drug-likeness (QED) is 0.317. The van der Waals surface area contributed by atoms with Gasteiger partial charge in [-0.3, -0.25) is 4.98 Å². The van der Waals surface area contributed by atoms with Crippen molar-refractivity contribution in [3.8, 4) is 11.3 Å². The van der Waals surface area contributed by atoms with Crippen molar-refractivity contribution in [2.24, 2.45) is 0 Å². The molecule has 0 bridgehead atoms. The topological polar surface area (TPSA) is 26.0 Å². The third-order valence-electron chi connectivity index (χ3n) is 6.10. The Kier molecular flexibility index (Phi) is 4.25. The molecule has 5 rings (SSSR count). The zero-order valence-electron chi connectivity index (χ0n) is 17.9. The summed E-state index contributed by atoms with van der Waals surface area (Å²) in [6, 6.07) is 25.7. The van der Waals surface area contributed by atoms with Crippen molar-refractivity contribution in [2.45, 2.75) is 33.1 Å². The lowest BCUT2D eigenvalue weighted by atomic mass is 9.77. The van der Waals surface area contributed by atoms with E-state index in [1.807, 2.05) is 24.4 Å². The van der Waals surface area contributed by atoms with Gasteiger partial charge in [0.2, 0.25) is 0 Å². The first-order valence-corrected chi connectivity index (χ1v) is 10.4. The zero-order chi connectivity index (χ0) is 20.9. The molecule has 0 amide bonds. The van der Waals surface area contributed by atoms with Crippen molar-refractivity contribution < 1.29 is 4.42 Å². The van der Waals surface area contributed by atoms with Gasteiger partial charge in [-0.15, -0.1) is 0 Å². The summed E-state index contributed by atoms with van der Waals surface area (Å²) in [4.78, 5) is 4.69. The highest BCUT2D eigenvalue weighted by Gasteiger charge is 2.24. The average Bonchev–Trinajstić information content (AvgIpc) is 3.11. The molecule has 148 valence electrons. The molecule has 2 heterocycles. The summed E-state index contributed by atoms with van der Waals surface area (Å²) >= 11 is 0. The molecule has 2 heteroatoms. The van der Waals surface area contributed by atoms with E-state index >= 15 is 0 Å². The lowest BCUT2D eigenvalue weighted by molar-refractivity contribution is 0.638. The second kappa shape index (κ2) is 6.84. The number of nitrogens with zero attached hydrogens (tertiary/aromatic N) is 1. The Morgan fingerprint density at radius 3 is 2.23 bits per heavy atom. The average molecular weight is 392 g/mol. The van der Waals surface area contributed by atoms with Gasteiger partial charge in [-0.05, 0) is 61.4 Å². The highest BCUT2D eigenvalue weighted by Crippen LogP contribution is 2.36. The highest BCUT2D eigenvalue weighted by molar-refractivity contribution is 6.06. The predicted molar refractivity (Wildman–Crippen MR) is 125 cm³/mol. The van der Waals surface area contributed by atoms with Crippen molar-refractivity contribution in [1.82, 2.24) is 4.98 Å². The van der Waals surface area contributed by atoms with Gasteiger partial charge in [0.25, 0.3) is 0 Å². The van der Waals surface area contributed by atoms with Gasteiger partial charge in [0, 0.05) is 27.9 Å². The number of furan rings is 1. The third kappa shape index (κ3) is 3.09. The van der Waals surface area contributed by atoms with Crippen LogP contribution in [0.4, 0.5) is 0 Å². The van der Waals surface area contributed by atoms with Crippen LogP contribution in [0.15, 0.2) is 83.4 Å². The van der Waals surface area contributed by atoms with E-state index in [0.29, 0.717) is 0 Å². The smallest absolute Gasteiger partial charge is 0.135 e. The molecule has 0 atom stereocenters. The first kappa shape index (κ1) is 18.6. The number of pyridine rings is 1. The molecule has 0 saturated heterocycles. The van der Waals surface area contributed by atoms with Crippen LogP contribution in [-0.4, -0.2) is 4.98 Å². The van der Waals surface area contributed by atoms with Crippen LogP contribution >= 0.6 is 0 Å². The summed E-state index contributed by atoms with van der Waals surface area (Å²) in [5.41, 5.74) is 8.98. The van der Waals surface area contributed by atoms with E-state index in [2.05, 4.69) is 82.3 Å². The van der Waals surface area contributed by atoms with Crippen LogP contribution in [0.5, 0.6) is 0 Å². The Hall–Kier alpha value is -3.39. The number of rotatable bonds is 3. The van der Waals surface area contributed by atoms with Gasteiger partial charge in [-0.2, -0.15) is 0 Å². The van der Waals surface area contributed by atoms with Gasteiger partial charge in [0.1, 0.15) is 11.2 Å². The summed E-state index contributed by atoms with van der Waals surface area (Å²) in [6.07, 6.45) is 1.92. The Morgan fingerprint density at radius 1 is 0.700 bits per heavy atom. The number of benzene rings is 3. The monoisotopic (exact) mass is 391 g/mol. The van der Waals surface area contributed by atoms with Crippen LogP contribution in [0.2, 0.25) is 0 Å². The number of para-hydroxylation sites is 1. The van der Waals surface area contributed by atoms with Crippen molar-refractivity contribution in [1.29, 1.82) is 0 Å². The van der Waals surface area contributed by atoms with Crippen LogP contribution in [0.25, 0.3) is 33.2 Å². The standard InChI is InChI=1S/C28H25NO/c1-18-13-19(2)15-22(14-18)28(3,4)21-11-12-29-25(17-21)20-9-10-27-24(16-20)23-7-5-6-8-26(23)30-27/h5-17H,1-4H3. The molecule has 0 radical (unpaired) electrons. The molecule has 3 aromatic carbocycles. The minimum absolute atomic E-state index is 0.110. The molecule has 0 aliphatic carbocycles. The van der Waals surface area contributed by atoms with Gasteiger partial charge in [-0.25, -0.2) is 0 Å². The fourth-order valence-electron chi connectivity index (χ4n) is 4.36. The molecule has 0 unspecified atom stereocenters. The van der Waals surface area contributed by atoms with Crippen LogP contribution in [0, 0.1) is 13.8 Å². The van der Waals surface area contributed by atoms with E-state index in [1.54, 1.807) is 0 Å². The first-order valence-electron chi connectivity index (χ1n) is 10.4. The van der Waals surface area contributed by atoms with Gasteiger partial charge in [-0.1, -0.05) is 61.4 Å². The molecule has 0 N–H and O–H groups in total. The minimum Gasteiger partial charge on any atom is -0.456 e. The number of fused-ring (bicyclic) bond motifs is 3. The van der Waals surface area contributed by atoms with Gasteiger partial charge in [0.05, 0.1) is 5.69 Å². The van der Waals surface area contributed by atoms with E-state index in [9.17, 15) is 0 Å². The fraction of sp³-hybridized carbons (Fsp3) is 0.179. The lowest BCUT2D eigenvalue weighted by Gasteiger charge is -2.27. The van der Waals surface area contributed by atoms with Gasteiger partial charge in [0.15, 0.2) is 0 Å². The van der Waals surface area contributed by atoms with Crippen LogP contribution in [0.1, 0.15) is 36.1 Å². The molecule has 0 aliphatic heterocycles. The number of hydrogen-bond donors (Lipinski definition) is 0. The van der Waals surface area contributed by atoms with Crippen LogP contribution in [0.3, 0.4) is 0 Å². The number of hydrogen-bond acceptors (Lipinski definition) is 2. The van der Waals surface area contributed by atoms with E-state index in [-0.39, 0.29) is 5.41 Å². The number of aryl methyl sites for hydroxylation is 2. The zero-order valence-corrected chi connectivity index (χ0v) is 17.9. The lowest BCUT2D eigenvalue weighted by Crippen LogP contribution is -2.19. The minimum atomic E-state index is -0.110. The normalized spacial score (nSPS) is 12.0. The molecule has 5 aromatic rings. The largest absolute Gasteiger partial charge is 0.456 e. The molecule has 2 nitrogen and oxygen atoms in total. The van der Waals surface area contributed by atoms with E-state index in [4.69, 9.17) is 9.40 Å². The predicted octanol–water partition coefficient (Wildman–Crippen LogP) is 7.59. The third-order valence-corrected chi connectivity index (χ3v) is 6.10. The summed E-state index contributed by atoms with van der Waals surface area (Å²) in [7, 11) is 0. The molecule has 0 saturated carbocycles. The summed E-state index contributed by atoms with van der Waals surface area (Å²) in [5, 5.41) is 2.27. The molecular weight excluding hydrogens is 366 g/mol. The molecular formula is C28H25NO. The Balaban J connectivity index is 1.61. The Morgan fingerprint density at radius 2 is 1.43 bits per heavy atom. The summed E-state index contributed by atoms with van der Waals surface area (Å²) < 4.78 is 5.98.